The van der Waals surface area contributed by atoms with Crippen molar-refractivity contribution >= 4 is 36.4 Å². The van der Waals surface area contributed by atoms with Gasteiger partial charge >= 0.3 is 0 Å². The Morgan fingerprint density at radius 1 is 1.48 bits per heavy atom. The number of halogens is 2. The van der Waals surface area contributed by atoms with Crippen molar-refractivity contribution in [3.63, 3.8) is 0 Å². The van der Waals surface area contributed by atoms with E-state index in [0.717, 1.165) is 12.8 Å². The molecule has 1 aliphatic rings. The number of nitrogens with two attached hydrogens (primary N) is 1. The second-order valence-corrected chi connectivity index (χ2v) is 4.54. The highest BCUT2D eigenvalue weighted by molar-refractivity contribution is 5.96. The quantitative estimate of drug-likeness (QED) is 0.871. The number of anilines is 1. The van der Waals surface area contributed by atoms with Crippen molar-refractivity contribution in [3.05, 3.63) is 18.5 Å². The molecule has 0 bridgehead atoms. The zero-order chi connectivity index (χ0) is 13.7. The molecular weight excluding hydrogens is 317 g/mol. The van der Waals surface area contributed by atoms with Crippen LogP contribution in [0.5, 0.6) is 5.75 Å². The fourth-order valence-electron chi connectivity index (χ4n) is 2.16. The Balaban J connectivity index is 0.00000200. The highest BCUT2D eigenvalue weighted by Gasteiger charge is 2.27. The van der Waals surface area contributed by atoms with E-state index in [1.165, 1.54) is 0 Å². The van der Waals surface area contributed by atoms with Crippen molar-refractivity contribution in [1.29, 1.82) is 0 Å². The van der Waals surface area contributed by atoms with Crippen LogP contribution in [0.1, 0.15) is 12.8 Å². The van der Waals surface area contributed by atoms with Gasteiger partial charge in [0.1, 0.15) is 11.4 Å². The standard InChI is InChI=1S/C13H19N3O3.2ClH/c1-18-11-2-5-15-8-10(11)16-13(17)12(14)9-3-6-19-7-4-9;;/h2,5,8-9,12H,3-4,6-7,14H2,1H3,(H,16,17);2*1H. The number of carbonyl (C=O) groups excluding carboxylic acids is 1. The monoisotopic (exact) mass is 337 g/mol. The van der Waals surface area contributed by atoms with Crippen LogP contribution < -0.4 is 15.8 Å². The average molecular weight is 338 g/mol. The third-order valence-electron chi connectivity index (χ3n) is 3.34. The molecular formula is C13H21Cl2N3O3. The molecule has 6 nitrogen and oxygen atoms in total. The Morgan fingerprint density at radius 2 is 2.14 bits per heavy atom. The summed E-state index contributed by atoms with van der Waals surface area (Å²) in [6.45, 7) is 1.34. The van der Waals surface area contributed by atoms with Gasteiger partial charge in [-0.3, -0.25) is 9.78 Å². The molecule has 8 heteroatoms. The molecule has 1 fully saturated rings. The average Bonchev–Trinajstić information content (AvgIpc) is 2.48. The highest BCUT2D eigenvalue weighted by atomic mass is 35.5. The number of nitrogens with zero attached hydrogens (tertiary/aromatic N) is 1. The van der Waals surface area contributed by atoms with Crippen molar-refractivity contribution in [2.24, 2.45) is 11.7 Å². The van der Waals surface area contributed by atoms with Gasteiger partial charge in [-0.25, -0.2) is 0 Å². The zero-order valence-electron chi connectivity index (χ0n) is 11.8. The van der Waals surface area contributed by atoms with E-state index >= 15 is 0 Å². The number of rotatable bonds is 4. The van der Waals surface area contributed by atoms with E-state index < -0.39 is 6.04 Å². The number of hydrogen-bond donors (Lipinski definition) is 2. The van der Waals surface area contributed by atoms with Gasteiger partial charge in [0.15, 0.2) is 0 Å². The minimum Gasteiger partial charge on any atom is -0.494 e. The van der Waals surface area contributed by atoms with Gasteiger partial charge in [-0.2, -0.15) is 0 Å². The molecule has 2 rings (SSSR count). The summed E-state index contributed by atoms with van der Waals surface area (Å²) in [7, 11) is 1.55. The number of amides is 1. The summed E-state index contributed by atoms with van der Waals surface area (Å²) in [6.07, 6.45) is 4.79. The maximum absolute atomic E-state index is 12.1. The first-order valence-electron chi connectivity index (χ1n) is 6.34. The number of nitrogens with one attached hydrogen (secondary N) is 1. The third-order valence-corrected chi connectivity index (χ3v) is 3.34. The van der Waals surface area contributed by atoms with E-state index in [0.29, 0.717) is 24.7 Å². The first kappa shape index (κ1) is 19.9. The van der Waals surface area contributed by atoms with Crippen molar-refractivity contribution in [2.45, 2.75) is 18.9 Å². The molecule has 0 spiro atoms. The number of pyridine rings is 1. The molecule has 1 saturated heterocycles. The summed E-state index contributed by atoms with van der Waals surface area (Å²) in [6, 6.07) is 1.16. The molecule has 0 aromatic carbocycles. The summed E-state index contributed by atoms with van der Waals surface area (Å²) in [5.41, 5.74) is 6.54. The molecule has 1 aromatic heterocycles. The predicted octanol–water partition coefficient (Wildman–Crippen LogP) is 1.63. The van der Waals surface area contributed by atoms with E-state index in [9.17, 15) is 4.79 Å². The molecule has 1 aromatic rings. The molecule has 1 unspecified atom stereocenters. The maximum Gasteiger partial charge on any atom is 0.241 e. The van der Waals surface area contributed by atoms with Gasteiger partial charge in [0, 0.05) is 25.5 Å². The van der Waals surface area contributed by atoms with Gasteiger partial charge in [0.2, 0.25) is 5.91 Å². The Bertz CT molecular complexity index is 442. The minimum atomic E-state index is -0.534. The Morgan fingerprint density at radius 3 is 2.76 bits per heavy atom. The van der Waals surface area contributed by atoms with E-state index in [4.69, 9.17) is 15.2 Å². The number of hydrogen-bond acceptors (Lipinski definition) is 5. The second kappa shape index (κ2) is 9.78. The SMILES string of the molecule is COc1ccncc1NC(=O)C(N)C1CCOCC1.Cl.Cl. The first-order valence-corrected chi connectivity index (χ1v) is 6.34. The summed E-state index contributed by atoms with van der Waals surface area (Å²) < 4.78 is 10.4. The zero-order valence-corrected chi connectivity index (χ0v) is 13.4. The highest BCUT2D eigenvalue weighted by Crippen LogP contribution is 2.23. The van der Waals surface area contributed by atoms with Crippen LogP contribution in [0.25, 0.3) is 0 Å². The molecule has 0 saturated carbocycles. The Labute approximate surface area is 136 Å². The Hall–Kier alpha value is -1.08. The van der Waals surface area contributed by atoms with Crippen molar-refractivity contribution in [2.75, 3.05) is 25.6 Å². The van der Waals surface area contributed by atoms with Crippen molar-refractivity contribution < 1.29 is 14.3 Å². The van der Waals surface area contributed by atoms with Crippen LogP contribution in [0.2, 0.25) is 0 Å². The van der Waals surface area contributed by atoms with E-state index in [-0.39, 0.29) is 36.6 Å². The smallest absolute Gasteiger partial charge is 0.241 e. The van der Waals surface area contributed by atoms with Gasteiger partial charge in [-0.05, 0) is 18.8 Å². The lowest BCUT2D eigenvalue weighted by Gasteiger charge is -2.26. The molecule has 2 heterocycles. The van der Waals surface area contributed by atoms with Crippen molar-refractivity contribution in [3.8, 4) is 5.75 Å². The van der Waals surface area contributed by atoms with Crippen LogP contribution in [-0.2, 0) is 9.53 Å². The number of aromatic nitrogens is 1. The van der Waals surface area contributed by atoms with Crippen LogP contribution >= 0.6 is 24.8 Å². The largest absolute Gasteiger partial charge is 0.494 e. The molecule has 21 heavy (non-hydrogen) atoms. The normalized spacial score (nSPS) is 16.1. The molecule has 3 N–H and O–H groups in total. The van der Waals surface area contributed by atoms with Crippen LogP contribution in [0.4, 0.5) is 5.69 Å². The lowest BCUT2D eigenvalue weighted by Crippen LogP contribution is -2.44. The first-order chi connectivity index (χ1) is 9.22. The third kappa shape index (κ3) is 5.32. The van der Waals surface area contributed by atoms with Crippen LogP contribution in [0, 0.1) is 5.92 Å². The maximum atomic E-state index is 12.1. The van der Waals surface area contributed by atoms with Gasteiger partial charge in [-0.15, -0.1) is 24.8 Å². The summed E-state index contributed by atoms with van der Waals surface area (Å²) in [4.78, 5) is 16.1. The lowest BCUT2D eigenvalue weighted by molar-refractivity contribution is -0.119. The van der Waals surface area contributed by atoms with Crippen molar-refractivity contribution in [1.82, 2.24) is 4.98 Å². The number of methoxy groups -OCH3 is 1. The van der Waals surface area contributed by atoms with Gasteiger partial charge in [0.05, 0.1) is 19.3 Å². The number of carbonyl (C=O) groups is 1. The Kier molecular flexibility index (Phi) is 9.28. The second-order valence-electron chi connectivity index (χ2n) is 4.54. The van der Waals surface area contributed by atoms with Crippen LogP contribution in [0.15, 0.2) is 18.5 Å². The topological polar surface area (TPSA) is 86.5 Å². The van der Waals surface area contributed by atoms with Crippen LogP contribution in [0.3, 0.4) is 0 Å². The van der Waals surface area contributed by atoms with Crippen LogP contribution in [-0.4, -0.2) is 37.3 Å². The molecule has 0 aliphatic carbocycles. The van der Waals surface area contributed by atoms with E-state index in [1.54, 1.807) is 25.6 Å². The lowest BCUT2D eigenvalue weighted by atomic mass is 9.92. The fraction of sp³-hybridized carbons (Fsp3) is 0.538. The molecule has 1 aliphatic heterocycles. The fourth-order valence-corrected chi connectivity index (χ4v) is 2.16. The molecule has 1 atom stereocenters. The number of ether oxygens (including phenoxy) is 2. The van der Waals surface area contributed by atoms with Gasteiger partial charge in [0.25, 0.3) is 0 Å². The summed E-state index contributed by atoms with van der Waals surface area (Å²) in [5.74, 6) is 0.525. The van der Waals surface area contributed by atoms with Gasteiger partial charge < -0.3 is 20.5 Å². The molecule has 0 radical (unpaired) electrons. The summed E-state index contributed by atoms with van der Waals surface area (Å²) in [5, 5.41) is 2.77. The predicted molar refractivity (Wildman–Crippen MR) is 85.4 cm³/mol. The van der Waals surface area contributed by atoms with Gasteiger partial charge in [-0.1, -0.05) is 0 Å². The molecule has 120 valence electrons. The summed E-state index contributed by atoms with van der Waals surface area (Å²) >= 11 is 0. The van der Waals surface area contributed by atoms with E-state index in [1.807, 2.05) is 0 Å². The van der Waals surface area contributed by atoms with E-state index in [2.05, 4.69) is 10.3 Å². The minimum absolute atomic E-state index is 0. The molecule has 1 amide bonds.